The molecule has 1 atom stereocenters. The number of ether oxygens (including phenoxy) is 1. The molecule has 1 N–H and O–H groups in total. The fraction of sp³-hybridized carbons (Fsp3) is 0.722. The molecular weight excluding hydrogens is 318 g/mol. The highest BCUT2D eigenvalue weighted by molar-refractivity contribution is 5.79. The second-order valence-corrected chi connectivity index (χ2v) is 7.11. The zero-order chi connectivity index (χ0) is 17.1. The van der Waals surface area contributed by atoms with Crippen LogP contribution in [0.2, 0.25) is 0 Å². The number of nitrogens with zero attached hydrogens (tertiary/aromatic N) is 4. The van der Waals surface area contributed by atoms with Crippen molar-refractivity contribution in [1.82, 2.24) is 20.2 Å². The first-order chi connectivity index (χ1) is 12.3. The van der Waals surface area contributed by atoms with Crippen LogP contribution >= 0.6 is 0 Å². The molecule has 7 nitrogen and oxygen atoms in total. The lowest BCUT2D eigenvalue weighted by Gasteiger charge is -2.34. The average molecular weight is 345 g/mol. The standard InChI is InChI=1S/C18H27N5O2/c24-18(14-2-1-5-19-6-3-14)23-7-4-15-16(12-23)20-13-21-17(15)22-8-10-25-11-9-22/h13-14,19H,1-12H2/t14-/m0/s1. The van der Waals surface area contributed by atoms with Crippen LogP contribution in [-0.4, -0.2) is 66.7 Å². The first kappa shape index (κ1) is 16.7. The number of anilines is 1. The fourth-order valence-electron chi connectivity index (χ4n) is 4.10. The third-order valence-corrected chi connectivity index (χ3v) is 5.53. The topological polar surface area (TPSA) is 70.6 Å². The summed E-state index contributed by atoms with van der Waals surface area (Å²) >= 11 is 0. The average Bonchev–Trinajstić information content (AvgIpc) is 2.96. The predicted molar refractivity (Wildman–Crippen MR) is 94.4 cm³/mol. The van der Waals surface area contributed by atoms with Gasteiger partial charge in [0.25, 0.3) is 0 Å². The summed E-state index contributed by atoms with van der Waals surface area (Å²) in [5.41, 5.74) is 2.24. The van der Waals surface area contributed by atoms with E-state index in [1.54, 1.807) is 6.33 Å². The molecular formula is C18H27N5O2. The minimum absolute atomic E-state index is 0.164. The zero-order valence-corrected chi connectivity index (χ0v) is 14.7. The van der Waals surface area contributed by atoms with E-state index >= 15 is 0 Å². The molecule has 0 spiro atoms. The van der Waals surface area contributed by atoms with Crippen LogP contribution in [0.4, 0.5) is 5.82 Å². The molecule has 4 rings (SSSR count). The quantitative estimate of drug-likeness (QED) is 0.846. The van der Waals surface area contributed by atoms with Gasteiger partial charge < -0.3 is 19.9 Å². The Bertz CT molecular complexity index is 609. The van der Waals surface area contributed by atoms with E-state index in [1.165, 1.54) is 5.56 Å². The Kier molecular flexibility index (Phi) is 5.12. The van der Waals surface area contributed by atoms with Crippen LogP contribution in [0, 0.1) is 5.92 Å². The summed E-state index contributed by atoms with van der Waals surface area (Å²) in [4.78, 5) is 26.3. The van der Waals surface area contributed by atoms with Gasteiger partial charge in [-0.25, -0.2) is 9.97 Å². The normalized spacial score (nSPS) is 24.6. The number of amides is 1. The minimum Gasteiger partial charge on any atom is -0.378 e. The van der Waals surface area contributed by atoms with E-state index in [1.807, 2.05) is 4.90 Å². The van der Waals surface area contributed by atoms with Gasteiger partial charge in [-0.05, 0) is 38.8 Å². The van der Waals surface area contributed by atoms with Crippen molar-refractivity contribution >= 4 is 11.7 Å². The lowest BCUT2D eigenvalue weighted by molar-refractivity contribution is -0.136. The van der Waals surface area contributed by atoms with Crippen molar-refractivity contribution in [1.29, 1.82) is 0 Å². The van der Waals surface area contributed by atoms with Gasteiger partial charge in [0.1, 0.15) is 12.1 Å². The van der Waals surface area contributed by atoms with Crippen molar-refractivity contribution in [2.75, 3.05) is 50.8 Å². The molecule has 4 heterocycles. The van der Waals surface area contributed by atoms with Gasteiger partial charge in [0, 0.05) is 31.1 Å². The molecule has 0 radical (unpaired) electrons. The van der Waals surface area contributed by atoms with Crippen LogP contribution in [0.15, 0.2) is 6.33 Å². The molecule has 3 aliphatic rings. The van der Waals surface area contributed by atoms with Crippen LogP contribution in [-0.2, 0) is 22.5 Å². The summed E-state index contributed by atoms with van der Waals surface area (Å²) in [5, 5.41) is 3.39. The maximum absolute atomic E-state index is 12.9. The molecule has 1 aromatic rings. The van der Waals surface area contributed by atoms with E-state index < -0.39 is 0 Å². The molecule has 1 amide bonds. The first-order valence-electron chi connectivity index (χ1n) is 9.48. The van der Waals surface area contributed by atoms with Gasteiger partial charge in [-0.2, -0.15) is 0 Å². The van der Waals surface area contributed by atoms with Crippen LogP contribution in [0.25, 0.3) is 0 Å². The Morgan fingerprint density at radius 2 is 2.04 bits per heavy atom. The number of hydrogen-bond donors (Lipinski definition) is 1. The molecule has 136 valence electrons. The molecule has 3 aliphatic heterocycles. The maximum Gasteiger partial charge on any atom is 0.226 e. The maximum atomic E-state index is 12.9. The summed E-state index contributed by atoms with van der Waals surface area (Å²) in [7, 11) is 0. The molecule has 7 heteroatoms. The highest BCUT2D eigenvalue weighted by Gasteiger charge is 2.30. The summed E-state index contributed by atoms with van der Waals surface area (Å²) in [6.45, 7) is 6.63. The van der Waals surface area contributed by atoms with Crippen molar-refractivity contribution in [3.8, 4) is 0 Å². The predicted octanol–water partition coefficient (Wildman–Crippen LogP) is 0.588. The van der Waals surface area contributed by atoms with Gasteiger partial charge >= 0.3 is 0 Å². The van der Waals surface area contributed by atoms with E-state index in [0.717, 1.165) is 83.1 Å². The number of carbonyl (C=O) groups is 1. The van der Waals surface area contributed by atoms with E-state index in [-0.39, 0.29) is 5.92 Å². The summed E-state index contributed by atoms with van der Waals surface area (Å²) in [5.74, 6) is 1.51. The van der Waals surface area contributed by atoms with E-state index in [0.29, 0.717) is 12.5 Å². The Morgan fingerprint density at radius 1 is 1.16 bits per heavy atom. The minimum atomic E-state index is 0.164. The molecule has 0 saturated carbocycles. The Hall–Kier alpha value is -1.73. The van der Waals surface area contributed by atoms with Gasteiger partial charge in [-0.3, -0.25) is 4.79 Å². The number of carbonyl (C=O) groups excluding carboxylic acids is 1. The monoisotopic (exact) mass is 345 g/mol. The van der Waals surface area contributed by atoms with Crippen LogP contribution in [0.1, 0.15) is 30.5 Å². The second kappa shape index (κ2) is 7.66. The number of nitrogens with one attached hydrogen (secondary N) is 1. The zero-order valence-electron chi connectivity index (χ0n) is 14.7. The number of rotatable bonds is 2. The second-order valence-electron chi connectivity index (χ2n) is 7.11. The van der Waals surface area contributed by atoms with Gasteiger partial charge in [-0.1, -0.05) is 0 Å². The summed E-state index contributed by atoms with van der Waals surface area (Å²) in [6.07, 6.45) is 5.53. The molecule has 2 saturated heterocycles. The van der Waals surface area contributed by atoms with Crippen molar-refractivity contribution in [2.24, 2.45) is 5.92 Å². The molecule has 1 aromatic heterocycles. The van der Waals surface area contributed by atoms with Gasteiger partial charge in [0.2, 0.25) is 5.91 Å². The Labute approximate surface area is 148 Å². The molecule has 25 heavy (non-hydrogen) atoms. The summed E-state index contributed by atoms with van der Waals surface area (Å²) in [6, 6.07) is 0. The number of fused-ring (bicyclic) bond motifs is 1. The molecule has 0 bridgehead atoms. The highest BCUT2D eigenvalue weighted by atomic mass is 16.5. The van der Waals surface area contributed by atoms with Crippen LogP contribution < -0.4 is 10.2 Å². The Balaban J connectivity index is 1.48. The summed E-state index contributed by atoms with van der Waals surface area (Å²) < 4.78 is 5.45. The molecule has 0 unspecified atom stereocenters. The largest absolute Gasteiger partial charge is 0.378 e. The van der Waals surface area contributed by atoms with Crippen molar-refractivity contribution in [3.05, 3.63) is 17.6 Å². The van der Waals surface area contributed by atoms with Gasteiger partial charge in [0.05, 0.1) is 25.5 Å². The van der Waals surface area contributed by atoms with Gasteiger partial charge in [-0.15, -0.1) is 0 Å². The smallest absolute Gasteiger partial charge is 0.226 e. The number of aromatic nitrogens is 2. The lowest BCUT2D eigenvalue weighted by Crippen LogP contribution is -2.42. The fourth-order valence-corrected chi connectivity index (χ4v) is 4.10. The lowest BCUT2D eigenvalue weighted by atomic mass is 9.97. The molecule has 0 aliphatic carbocycles. The van der Waals surface area contributed by atoms with E-state index in [4.69, 9.17) is 4.74 Å². The third kappa shape index (κ3) is 3.62. The van der Waals surface area contributed by atoms with E-state index in [2.05, 4.69) is 20.2 Å². The van der Waals surface area contributed by atoms with E-state index in [9.17, 15) is 4.79 Å². The van der Waals surface area contributed by atoms with Crippen molar-refractivity contribution in [3.63, 3.8) is 0 Å². The van der Waals surface area contributed by atoms with Gasteiger partial charge in [0.15, 0.2) is 0 Å². The highest BCUT2D eigenvalue weighted by Crippen LogP contribution is 2.28. The van der Waals surface area contributed by atoms with Crippen molar-refractivity contribution < 1.29 is 9.53 Å². The SMILES string of the molecule is O=C([C@H]1CCCNCC1)N1CCc2c(ncnc2N2CCOCC2)C1. The molecule has 0 aromatic carbocycles. The number of morpholine rings is 1. The Morgan fingerprint density at radius 3 is 2.92 bits per heavy atom. The first-order valence-corrected chi connectivity index (χ1v) is 9.48. The number of hydrogen-bond acceptors (Lipinski definition) is 6. The van der Waals surface area contributed by atoms with Crippen LogP contribution in [0.5, 0.6) is 0 Å². The van der Waals surface area contributed by atoms with Crippen molar-refractivity contribution in [2.45, 2.75) is 32.2 Å². The van der Waals surface area contributed by atoms with Crippen LogP contribution in [0.3, 0.4) is 0 Å². The third-order valence-electron chi connectivity index (χ3n) is 5.53. The molecule has 2 fully saturated rings.